The summed E-state index contributed by atoms with van der Waals surface area (Å²) in [6.07, 6.45) is 2.87. The molecule has 1 aromatic carbocycles. The number of nitrogens with one attached hydrogen (secondary N) is 1. The molecule has 3 rings (SSSR count). The van der Waals surface area contributed by atoms with Gasteiger partial charge in [0.15, 0.2) is 0 Å². The van der Waals surface area contributed by atoms with E-state index in [1.54, 1.807) is 0 Å². The third kappa shape index (κ3) is 1.69. The van der Waals surface area contributed by atoms with E-state index in [2.05, 4.69) is 35.3 Å². The predicted molar refractivity (Wildman–Crippen MR) is 64.6 cm³/mol. The van der Waals surface area contributed by atoms with E-state index in [1.807, 2.05) is 0 Å². The highest BCUT2D eigenvalue weighted by molar-refractivity contribution is 5.75. The molecular weight excluding hydrogens is 184 g/mol. The molecule has 1 fully saturated rings. The average Bonchev–Trinajstić information content (AvgIpc) is 3.02. The van der Waals surface area contributed by atoms with Gasteiger partial charge in [-0.1, -0.05) is 12.1 Å². The summed E-state index contributed by atoms with van der Waals surface area (Å²) in [6, 6.07) is 6.55. The van der Waals surface area contributed by atoms with Crippen molar-refractivity contribution in [3.63, 3.8) is 0 Å². The lowest BCUT2D eigenvalue weighted by Gasteiger charge is -2.33. The summed E-state index contributed by atoms with van der Waals surface area (Å²) < 4.78 is 0. The molecule has 1 saturated carbocycles. The lowest BCUT2D eigenvalue weighted by molar-refractivity contribution is 0.717. The van der Waals surface area contributed by atoms with Gasteiger partial charge in [0.1, 0.15) is 0 Å². The van der Waals surface area contributed by atoms with Gasteiger partial charge in [-0.25, -0.2) is 0 Å². The summed E-state index contributed by atoms with van der Waals surface area (Å²) >= 11 is 0. The van der Waals surface area contributed by atoms with Crippen LogP contribution >= 0.6 is 0 Å². The Bertz CT molecular complexity index is 369. The van der Waals surface area contributed by atoms with Gasteiger partial charge in [-0.15, -0.1) is 0 Å². The van der Waals surface area contributed by atoms with Crippen LogP contribution in [0.25, 0.3) is 0 Å². The number of anilines is 2. The van der Waals surface area contributed by atoms with Crippen LogP contribution in [0.4, 0.5) is 11.4 Å². The first-order valence-electron chi connectivity index (χ1n) is 5.93. The van der Waals surface area contributed by atoms with Gasteiger partial charge in [0.25, 0.3) is 0 Å². The second-order valence-corrected chi connectivity index (χ2v) is 4.79. The zero-order chi connectivity index (χ0) is 10.3. The number of aryl methyl sites for hydroxylation is 1. The van der Waals surface area contributed by atoms with Gasteiger partial charge < -0.3 is 10.2 Å². The Hall–Kier alpha value is -1.18. The molecule has 0 saturated heterocycles. The van der Waals surface area contributed by atoms with Crippen LogP contribution in [0.15, 0.2) is 18.2 Å². The first kappa shape index (κ1) is 9.08. The highest BCUT2D eigenvalue weighted by atomic mass is 15.2. The van der Waals surface area contributed by atoms with Crippen molar-refractivity contribution >= 4 is 11.4 Å². The van der Waals surface area contributed by atoms with Crippen molar-refractivity contribution in [1.29, 1.82) is 0 Å². The van der Waals surface area contributed by atoms with Gasteiger partial charge in [0, 0.05) is 19.6 Å². The minimum absolute atomic E-state index is 0.968. The van der Waals surface area contributed by atoms with E-state index in [-0.39, 0.29) is 0 Å². The van der Waals surface area contributed by atoms with Crippen LogP contribution in [-0.2, 0) is 0 Å². The molecule has 0 spiro atoms. The van der Waals surface area contributed by atoms with Crippen molar-refractivity contribution in [3.05, 3.63) is 23.8 Å². The van der Waals surface area contributed by atoms with E-state index >= 15 is 0 Å². The Morgan fingerprint density at radius 3 is 3.07 bits per heavy atom. The van der Waals surface area contributed by atoms with Crippen LogP contribution in [0.2, 0.25) is 0 Å². The summed E-state index contributed by atoms with van der Waals surface area (Å²) in [5, 5.41) is 3.49. The smallest absolute Gasteiger partial charge is 0.0632 e. The molecule has 2 heteroatoms. The van der Waals surface area contributed by atoms with Crippen LogP contribution in [0, 0.1) is 12.8 Å². The van der Waals surface area contributed by atoms with E-state index in [1.165, 1.54) is 36.3 Å². The van der Waals surface area contributed by atoms with Crippen LogP contribution in [0.3, 0.4) is 0 Å². The molecule has 1 aliphatic heterocycles. The largest absolute Gasteiger partial charge is 0.382 e. The first-order valence-corrected chi connectivity index (χ1v) is 5.93. The predicted octanol–water partition coefficient (Wildman–Crippen LogP) is 2.64. The minimum atomic E-state index is 0.968. The van der Waals surface area contributed by atoms with Crippen LogP contribution < -0.4 is 10.2 Å². The Morgan fingerprint density at radius 2 is 2.27 bits per heavy atom. The van der Waals surface area contributed by atoms with Crippen LogP contribution in [-0.4, -0.2) is 19.6 Å². The van der Waals surface area contributed by atoms with Crippen molar-refractivity contribution in [2.24, 2.45) is 5.92 Å². The van der Waals surface area contributed by atoms with Crippen molar-refractivity contribution in [2.75, 3.05) is 29.9 Å². The van der Waals surface area contributed by atoms with E-state index in [9.17, 15) is 0 Å². The minimum Gasteiger partial charge on any atom is -0.382 e. The SMILES string of the molecule is Cc1cccc2c1N(CC1CC1)CCN2. The van der Waals surface area contributed by atoms with Crippen molar-refractivity contribution in [2.45, 2.75) is 19.8 Å². The van der Waals surface area contributed by atoms with Crippen LogP contribution in [0.5, 0.6) is 0 Å². The van der Waals surface area contributed by atoms with E-state index < -0.39 is 0 Å². The second-order valence-electron chi connectivity index (χ2n) is 4.79. The molecule has 1 N–H and O–H groups in total. The highest BCUT2D eigenvalue weighted by Gasteiger charge is 2.27. The fourth-order valence-corrected chi connectivity index (χ4v) is 2.45. The molecule has 1 aliphatic carbocycles. The third-order valence-electron chi connectivity index (χ3n) is 3.43. The number of hydrogen-bond acceptors (Lipinski definition) is 2. The molecule has 2 nitrogen and oxygen atoms in total. The molecular formula is C13H18N2. The zero-order valence-electron chi connectivity index (χ0n) is 9.29. The van der Waals surface area contributed by atoms with Gasteiger partial charge in [-0.2, -0.15) is 0 Å². The number of para-hydroxylation sites is 1. The molecule has 0 aromatic heterocycles. The quantitative estimate of drug-likeness (QED) is 0.793. The standard InChI is InChI=1S/C13H18N2/c1-10-3-2-4-12-13(10)15(8-7-14-12)9-11-5-6-11/h2-4,11,14H,5-9H2,1H3. The molecule has 0 unspecified atom stereocenters. The molecule has 0 radical (unpaired) electrons. The van der Waals surface area contributed by atoms with E-state index in [4.69, 9.17) is 0 Å². The fraction of sp³-hybridized carbons (Fsp3) is 0.538. The monoisotopic (exact) mass is 202 g/mol. The van der Waals surface area contributed by atoms with Gasteiger partial charge in [-0.05, 0) is 37.3 Å². The highest BCUT2D eigenvalue weighted by Crippen LogP contribution is 2.36. The molecule has 15 heavy (non-hydrogen) atoms. The Labute approximate surface area is 91.3 Å². The summed E-state index contributed by atoms with van der Waals surface area (Å²) in [6.45, 7) is 5.72. The summed E-state index contributed by atoms with van der Waals surface area (Å²) in [7, 11) is 0. The molecule has 1 aromatic rings. The van der Waals surface area contributed by atoms with Gasteiger partial charge in [0.05, 0.1) is 11.4 Å². The fourth-order valence-electron chi connectivity index (χ4n) is 2.45. The lowest BCUT2D eigenvalue weighted by atomic mass is 10.1. The molecule has 2 aliphatic rings. The molecule has 80 valence electrons. The lowest BCUT2D eigenvalue weighted by Crippen LogP contribution is -2.36. The summed E-state index contributed by atoms with van der Waals surface area (Å²) in [4.78, 5) is 2.57. The molecule has 0 atom stereocenters. The van der Waals surface area contributed by atoms with Crippen LogP contribution in [0.1, 0.15) is 18.4 Å². The Kier molecular flexibility index (Phi) is 2.08. The number of fused-ring (bicyclic) bond motifs is 1. The van der Waals surface area contributed by atoms with E-state index in [0.29, 0.717) is 0 Å². The van der Waals surface area contributed by atoms with E-state index in [0.717, 1.165) is 19.0 Å². The Morgan fingerprint density at radius 1 is 1.40 bits per heavy atom. The number of benzene rings is 1. The average molecular weight is 202 g/mol. The van der Waals surface area contributed by atoms with Crippen molar-refractivity contribution in [1.82, 2.24) is 0 Å². The van der Waals surface area contributed by atoms with Crippen molar-refractivity contribution in [3.8, 4) is 0 Å². The number of hydrogen-bond donors (Lipinski definition) is 1. The summed E-state index contributed by atoms with van der Waals surface area (Å²) in [5.74, 6) is 0.968. The molecule has 1 heterocycles. The summed E-state index contributed by atoms with van der Waals surface area (Å²) in [5.41, 5.74) is 4.16. The number of rotatable bonds is 2. The maximum Gasteiger partial charge on any atom is 0.0632 e. The first-order chi connectivity index (χ1) is 7.34. The second kappa shape index (κ2) is 3.44. The maximum absolute atomic E-state index is 3.49. The Balaban J connectivity index is 1.93. The topological polar surface area (TPSA) is 15.3 Å². The third-order valence-corrected chi connectivity index (χ3v) is 3.43. The van der Waals surface area contributed by atoms with Gasteiger partial charge >= 0.3 is 0 Å². The normalized spacial score (nSPS) is 19.7. The molecule has 0 bridgehead atoms. The van der Waals surface area contributed by atoms with Gasteiger partial charge in [-0.3, -0.25) is 0 Å². The number of nitrogens with zero attached hydrogens (tertiary/aromatic N) is 1. The maximum atomic E-state index is 3.49. The van der Waals surface area contributed by atoms with Gasteiger partial charge in [0.2, 0.25) is 0 Å². The zero-order valence-corrected chi connectivity index (χ0v) is 9.29. The molecule has 0 amide bonds. The van der Waals surface area contributed by atoms with Crippen molar-refractivity contribution < 1.29 is 0 Å².